The number of hydrogen-bond acceptors (Lipinski definition) is 1. The van der Waals surface area contributed by atoms with E-state index in [9.17, 15) is 9.90 Å². The lowest BCUT2D eigenvalue weighted by Crippen LogP contribution is -2.63. The normalized spacial score (nSPS) is 54.3. The van der Waals surface area contributed by atoms with Crippen molar-refractivity contribution in [2.45, 2.75) is 119 Å². The van der Waals surface area contributed by atoms with Crippen LogP contribution < -0.4 is 0 Å². The van der Waals surface area contributed by atoms with Crippen LogP contribution in [0.4, 0.5) is 0 Å². The van der Waals surface area contributed by atoms with Gasteiger partial charge in [-0.05, 0) is 116 Å². The van der Waals surface area contributed by atoms with Crippen molar-refractivity contribution in [2.75, 3.05) is 0 Å². The van der Waals surface area contributed by atoms with Crippen LogP contribution in [0.1, 0.15) is 119 Å². The van der Waals surface area contributed by atoms with Crippen molar-refractivity contribution in [2.24, 2.45) is 50.2 Å². The second kappa shape index (κ2) is 6.66. The summed E-state index contributed by atoms with van der Waals surface area (Å²) in [5.74, 6) is 1.48. The van der Waals surface area contributed by atoms with Gasteiger partial charge in [-0.3, -0.25) is 4.79 Å². The van der Waals surface area contributed by atoms with Crippen molar-refractivity contribution in [3.63, 3.8) is 0 Å². The zero-order valence-corrected chi connectivity index (χ0v) is 21.9. The third-order valence-corrected chi connectivity index (χ3v) is 13.1. The van der Waals surface area contributed by atoms with E-state index < -0.39 is 11.4 Å². The first kappa shape index (κ1) is 23.0. The highest BCUT2D eigenvalue weighted by Gasteiger charge is 2.67. The predicted molar refractivity (Wildman–Crippen MR) is 131 cm³/mol. The Morgan fingerprint density at radius 3 is 2.25 bits per heavy atom. The molecule has 0 aromatic heterocycles. The minimum atomic E-state index is -0.579. The Kier molecular flexibility index (Phi) is 4.78. The number of carboxylic acid groups (broad SMARTS) is 1. The Hall–Kier alpha value is -0.790. The molecule has 1 N–H and O–H groups in total. The molecule has 0 aromatic rings. The lowest BCUT2D eigenvalue weighted by Gasteiger charge is -2.71. The van der Waals surface area contributed by atoms with Gasteiger partial charge in [-0.1, -0.05) is 59.6 Å². The second-order valence-electron chi connectivity index (χ2n) is 14.9. The van der Waals surface area contributed by atoms with Crippen LogP contribution in [-0.4, -0.2) is 11.1 Å². The smallest absolute Gasteiger partial charge is 0.309 e. The summed E-state index contributed by atoms with van der Waals surface area (Å²) in [5, 5.41) is 10.1. The van der Waals surface area contributed by atoms with E-state index in [-0.39, 0.29) is 10.8 Å². The molecule has 5 rings (SSSR count). The number of carboxylic acids is 1. The number of fused-ring (bicyclic) bond motifs is 7. The molecule has 0 spiro atoms. The number of hydrogen-bond donors (Lipinski definition) is 1. The highest BCUT2D eigenvalue weighted by Crippen LogP contribution is 2.75. The number of aliphatic carboxylic acids is 1. The van der Waals surface area contributed by atoms with Gasteiger partial charge in [0, 0.05) is 0 Å². The zero-order valence-electron chi connectivity index (χ0n) is 21.9. The largest absolute Gasteiger partial charge is 0.481 e. The maximum absolute atomic E-state index is 12.2. The average molecular weight is 441 g/mol. The maximum atomic E-state index is 12.2. The molecule has 0 radical (unpaired) electrons. The van der Waals surface area contributed by atoms with Gasteiger partial charge in [0.1, 0.15) is 0 Å². The van der Waals surface area contributed by atoms with E-state index in [1.54, 1.807) is 5.57 Å². The fraction of sp³-hybridized carbons (Fsp3) is 0.900. The van der Waals surface area contributed by atoms with Gasteiger partial charge in [-0.2, -0.15) is 0 Å². The van der Waals surface area contributed by atoms with Crippen LogP contribution in [0, 0.1) is 50.2 Å². The lowest BCUT2D eigenvalue weighted by molar-refractivity contribution is -0.181. The summed E-state index contributed by atoms with van der Waals surface area (Å²) in [6, 6.07) is 0. The Morgan fingerprint density at radius 2 is 1.56 bits per heavy atom. The Morgan fingerprint density at radius 1 is 0.875 bits per heavy atom. The number of carbonyl (C=O) groups is 1. The summed E-state index contributed by atoms with van der Waals surface area (Å²) in [4.78, 5) is 12.2. The van der Waals surface area contributed by atoms with E-state index in [0.29, 0.717) is 22.2 Å². The van der Waals surface area contributed by atoms with Gasteiger partial charge in [-0.25, -0.2) is 0 Å². The quantitative estimate of drug-likeness (QED) is 0.417. The molecule has 8 atom stereocenters. The van der Waals surface area contributed by atoms with Crippen LogP contribution in [-0.2, 0) is 4.79 Å². The van der Waals surface area contributed by atoms with Crippen molar-refractivity contribution in [3.8, 4) is 0 Å². The molecular weight excluding hydrogens is 392 g/mol. The van der Waals surface area contributed by atoms with Crippen molar-refractivity contribution in [3.05, 3.63) is 11.6 Å². The lowest BCUT2D eigenvalue weighted by atomic mass is 9.34. The summed E-state index contributed by atoms with van der Waals surface area (Å²) in [6.45, 7) is 17.5. The standard InChI is InChI=1S/C30H48O2/c1-25(2)12-8-13-28(5)22(25)11-14-30(7)23(28)10-9-20-21-19-27(4,24(31)32)16-15-26(21,3)17-18-29(20,30)6/h9,21-23H,8,10-19H2,1-7H3,(H,31,32)/t21?,22?,23?,26?,27-,28-,29+,30+/m0/s1. The first-order chi connectivity index (χ1) is 14.7. The first-order valence-electron chi connectivity index (χ1n) is 13.7. The molecule has 0 bridgehead atoms. The molecule has 4 unspecified atom stereocenters. The minimum Gasteiger partial charge on any atom is -0.481 e. The molecule has 5 aliphatic carbocycles. The van der Waals surface area contributed by atoms with Crippen molar-refractivity contribution >= 4 is 5.97 Å². The van der Waals surface area contributed by atoms with Gasteiger partial charge in [0.25, 0.3) is 0 Å². The number of rotatable bonds is 1. The monoisotopic (exact) mass is 440 g/mol. The van der Waals surface area contributed by atoms with Gasteiger partial charge in [0.05, 0.1) is 5.41 Å². The first-order valence-corrected chi connectivity index (χ1v) is 13.7. The van der Waals surface area contributed by atoms with E-state index in [1.807, 2.05) is 6.92 Å². The Labute approximate surface area is 197 Å². The van der Waals surface area contributed by atoms with Crippen molar-refractivity contribution in [1.29, 1.82) is 0 Å². The van der Waals surface area contributed by atoms with Gasteiger partial charge < -0.3 is 5.11 Å². The third kappa shape index (κ3) is 2.73. The summed E-state index contributed by atoms with van der Waals surface area (Å²) in [7, 11) is 0. The van der Waals surface area contributed by atoms with Crippen LogP contribution in [0.5, 0.6) is 0 Å². The molecule has 4 saturated carbocycles. The van der Waals surface area contributed by atoms with Crippen LogP contribution in [0.3, 0.4) is 0 Å². The summed E-state index contributed by atoms with van der Waals surface area (Å²) < 4.78 is 0. The molecule has 32 heavy (non-hydrogen) atoms. The topological polar surface area (TPSA) is 37.3 Å². The molecule has 2 nitrogen and oxygen atoms in total. The number of allylic oxidation sites excluding steroid dienone is 2. The molecular formula is C30H48O2. The van der Waals surface area contributed by atoms with Crippen LogP contribution in [0.25, 0.3) is 0 Å². The molecule has 2 heteroatoms. The summed E-state index contributed by atoms with van der Waals surface area (Å²) in [6.07, 6.45) is 16.1. The molecule has 0 aromatic carbocycles. The zero-order chi connectivity index (χ0) is 23.4. The van der Waals surface area contributed by atoms with E-state index >= 15 is 0 Å². The molecule has 0 amide bonds. The third-order valence-electron chi connectivity index (χ3n) is 13.1. The fourth-order valence-electron chi connectivity index (χ4n) is 10.6. The van der Waals surface area contributed by atoms with E-state index in [1.165, 1.54) is 51.4 Å². The Balaban J connectivity index is 1.57. The van der Waals surface area contributed by atoms with Gasteiger partial charge in [-0.15, -0.1) is 0 Å². The fourth-order valence-corrected chi connectivity index (χ4v) is 10.6. The van der Waals surface area contributed by atoms with Gasteiger partial charge >= 0.3 is 5.97 Å². The van der Waals surface area contributed by atoms with Crippen LogP contribution in [0.2, 0.25) is 0 Å². The predicted octanol–water partition coefficient (Wildman–Crippen LogP) is 8.26. The highest BCUT2D eigenvalue weighted by molar-refractivity contribution is 5.74. The van der Waals surface area contributed by atoms with Crippen LogP contribution in [0.15, 0.2) is 11.6 Å². The van der Waals surface area contributed by atoms with Gasteiger partial charge in [0.15, 0.2) is 0 Å². The molecule has 0 heterocycles. The average Bonchev–Trinajstić information content (AvgIpc) is 2.69. The van der Waals surface area contributed by atoms with E-state index in [2.05, 4.69) is 47.6 Å². The second-order valence-corrected chi connectivity index (χ2v) is 14.9. The van der Waals surface area contributed by atoms with Gasteiger partial charge in [0.2, 0.25) is 0 Å². The summed E-state index contributed by atoms with van der Waals surface area (Å²) in [5.41, 5.74) is 2.89. The summed E-state index contributed by atoms with van der Waals surface area (Å²) >= 11 is 0. The highest BCUT2D eigenvalue weighted by atomic mass is 16.4. The molecule has 5 aliphatic rings. The van der Waals surface area contributed by atoms with Crippen molar-refractivity contribution < 1.29 is 9.90 Å². The Bertz CT molecular complexity index is 855. The van der Waals surface area contributed by atoms with E-state index in [0.717, 1.165) is 31.1 Å². The SMILES string of the molecule is CC1(C)CCC[C@@]2(C)C1CC[C@]1(C)C2CC=C2C3C[C@@](C)(C(=O)O)CCC3(C)CC[C@]21C. The molecule has 0 saturated heterocycles. The molecule has 0 aliphatic heterocycles. The van der Waals surface area contributed by atoms with E-state index in [4.69, 9.17) is 0 Å². The maximum Gasteiger partial charge on any atom is 0.309 e. The minimum absolute atomic E-state index is 0.229. The van der Waals surface area contributed by atoms with Crippen molar-refractivity contribution in [1.82, 2.24) is 0 Å². The molecule has 180 valence electrons. The van der Waals surface area contributed by atoms with Crippen LogP contribution >= 0.6 is 0 Å². The molecule has 4 fully saturated rings.